The highest BCUT2D eigenvalue weighted by Crippen LogP contribution is 2.15. The summed E-state index contributed by atoms with van der Waals surface area (Å²) in [5.41, 5.74) is 8.05. The minimum Gasteiger partial charge on any atom is -0.492 e. The van der Waals surface area contributed by atoms with Gasteiger partial charge in [-0.3, -0.25) is 4.79 Å². The van der Waals surface area contributed by atoms with E-state index in [2.05, 4.69) is 10.2 Å². The van der Waals surface area contributed by atoms with Gasteiger partial charge in [-0.15, -0.1) is 24.8 Å². The molecule has 0 aliphatic carbocycles. The molecule has 27 heavy (non-hydrogen) atoms. The third kappa shape index (κ3) is 9.63. The SMILES string of the molecule is CN(C)CCOc1cccc(CNC(=O)CC(N)c2ccccc2)c1.Cl.Cl. The van der Waals surface area contributed by atoms with Crippen LogP contribution in [0.25, 0.3) is 0 Å². The lowest BCUT2D eigenvalue weighted by Gasteiger charge is -2.13. The molecular weight excluding hydrogens is 385 g/mol. The van der Waals surface area contributed by atoms with E-state index in [1.807, 2.05) is 68.7 Å². The number of nitrogens with zero attached hydrogens (tertiary/aromatic N) is 1. The standard InChI is InChI=1S/C20H27N3O2.2ClH/c1-23(2)11-12-25-18-10-6-7-16(13-18)15-22-20(24)14-19(21)17-8-4-3-5-9-17;;/h3-10,13,19H,11-12,14-15,21H2,1-2H3,(H,22,24);2*1H. The first-order valence-corrected chi connectivity index (χ1v) is 8.48. The Balaban J connectivity index is 0.00000338. The molecule has 2 rings (SSSR count). The van der Waals surface area contributed by atoms with E-state index >= 15 is 0 Å². The quantitative estimate of drug-likeness (QED) is 0.662. The third-order valence-corrected chi connectivity index (χ3v) is 3.83. The van der Waals surface area contributed by atoms with E-state index in [9.17, 15) is 4.79 Å². The van der Waals surface area contributed by atoms with Gasteiger partial charge in [-0.05, 0) is 37.4 Å². The molecule has 0 spiro atoms. The first-order chi connectivity index (χ1) is 12.0. The number of halogens is 2. The van der Waals surface area contributed by atoms with Gasteiger partial charge in [-0.25, -0.2) is 0 Å². The maximum atomic E-state index is 12.1. The maximum absolute atomic E-state index is 12.1. The fourth-order valence-corrected chi connectivity index (χ4v) is 2.38. The molecule has 2 aromatic rings. The van der Waals surface area contributed by atoms with E-state index in [1.165, 1.54) is 0 Å². The second kappa shape index (κ2) is 13.4. The maximum Gasteiger partial charge on any atom is 0.222 e. The number of carbonyl (C=O) groups excluding carboxylic acids is 1. The second-order valence-corrected chi connectivity index (χ2v) is 6.30. The molecule has 1 atom stereocenters. The molecule has 0 bridgehead atoms. The monoisotopic (exact) mass is 413 g/mol. The molecule has 3 N–H and O–H groups in total. The summed E-state index contributed by atoms with van der Waals surface area (Å²) in [6.07, 6.45) is 0.267. The van der Waals surface area contributed by atoms with Gasteiger partial charge >= 0.3 is 0 Å². The summed E-state index contributed by atoms with van der Waals surface area (Å²) in [6, 6.07) is 17.1. The fourth-order valence-electron chi connectivity index (χ4n) is 2.38. The number of carbonyl (C=O) groups is 1. The van der Waals surface area contributed by atoms with Gasteiger partial charge in [-0.2, -0.15) is 0 Å². The highest BCUT2D eigenvalue weighted by Gasteiger charge is 2.11. The number of nitrogens with one attached hydrogen (secondary N) is 1. The molecule has 2 aromatic carbocycles. The van der Waals surface area contributed by atoms with Crippen LogP contribution in [-0.4, -0.2) is 38.1 Å². The number of benzene rings is 2. The van der Waals surface area contributed by atoms with Crippen molar-refractivity contribution in [1.29, 1.82) is 0 Å². The van der Waals surface area contributed by atoms with Gasteiger partial charge in [0.25, 0.3) is 0 Å². The molecule has 5 nitrogen and oxygen atoms in total. The van der Waals surface area contributed by atoms with Gasteiger partial charge in [0.2, 0.25) is 5.91 Å². The van der Waals surface area contributed by atoms with Gasteiger partial charge in [0.1, 0.15) is 12.4 Å². The Morgan fingerprint density at radius 2 is 1.81 bits per heavy atom. The van der Waals surface area contributed by atoms with Crippen molar-refractivity contribution in [3.05, 3.63) is 65.7 Å². The van der Waals surface area contributed by atoms with E-state index in [-0.39, 0.29) is 43.2 Å². The number of nitrogens with two attached hydrogens (primary N) is 1. The first-order valence-electron chi connectivity index (χ1n) is 8.48. The molecule has 0 aliphatic rings. The van der Waals surface area contributed by atoms with Crippen molar-refractivity contribution in [3.8, 4) is 5.75 Å². The summed E-state index contributed by atoms with van der Waals surface area (Å²) in [6.45, 7) is 1.96. The molecule has 0 saturated heterocycles. The van der Waals surface area contributed by atoms with Crippen LogP contribution < -0.4 is 15.8 Å². The lowest BCUT2D eigenvalue weighted by Crippen LogP contribution is -2.27. The predicted molar refractivity (Wildman–Crippen MR) is 115 cm³/mol. The van der Waals surface area contributed by atoms with Crippen LogP contribution in [0.5, 0.6) is 5.75 Å². The van der Waals surface area contributed by atoms with Crippen LogP contribution >= 0.6 is 24.8 Å². The summed E-state index contributed by atoms with van der Waals surface area (Å²) >= 11 is 0. The molecule has 0 aliphatic heterocycles. The summed E-state index contributed by atoms with van der Waals surface area (Å²) < 4.78 is 5.71. The van der Waals surface area contributed by atoms with Crippen LogP contribution in [-0.2, 0) is 11.3 Å². The van der Waals surface area contributed by atoms with Gasteiger partial charge in [-0.1, -0.05) is 42.5 Å². The molecule has 1 unspecified atom stereocenters. The van der Waals surface area contributed by atoms with E-state index in [4.69, 9.17) is 10.5 Å². The summed E-state index contributed by atoms with van der Waals surface area (Å²) in [5, 5.41) is 2.92. The van der Waals surface area contributed by atoms with Crippen molar-refractivity contribution < 1.29 is 9.53 Å². The number of hydrogen-bond donors (Lipinski definition) is 2. The van der Waals surface area contributed by atoms with E-state index < -0.39 is 0 Å². The van der Waals surface area contributed by atoms with E-state index in [0.717, 1.165) is 23.4 Å². The Kier molecular flexibility index (Phi) is 12.5. The van der Waals surface area contributed by atoms with Crippen LogP contribution in [0, 0.1) is 0 Å². The highest BCUT2D eigenvalue weighted by atomic mass is 35.5. The van der Waals surface area contributed by atoms with Crippen LogP contribution in [0.3, 0.4) is 0 Å². The summed E-state index contributed by atoms with van der Waals surface area (Å²) in [7, 11) is 4.02. The number of rotatable bonds is 9. The lowest BCUT2D eigenvalue weighted by molar-refractivity contribution is -0.121. The topological polar surface area (TPSA) is 67.6 Å². The zero-order chi connectivity index (χ0) is 18.1. The molecule has 0 heterocycles. The average Bonchev–Trinajstić information content (AvgIpc) is 2.61. The van der Waals surface area contributed by atoms with E-state index in [1.54, 1.807) is 0 Å². The Bertz CT molecular complexity index is 669. The molecule has 0 aromatic heterocycles. The second-order valence-electron chi connectivity index (χ2n) is 6.30. The summed E-state index contributed by atoms with van der Waals surface area (Å²) in [5.74, 6) is 0.755. The van der Waals surface area contributed by atoms with Gasteiger partial charge < -0.3 is 20.7 Å². The molecule has 0 saturated carbocycles. The zero-order valence-electron chi connectivity index (χ0n) is 15.8. The molecule has 150 valence electrons. The third-order valence-electron chi connectivity index (χ3n) is 3.83. The van der Waals surface area contributed by atoms with E-state index in [0.29, 0.717) is 13.2 Å². The molecule has 7 heteroatoms. The number of amides is 1. The average molecular weight is 414 g/mol. The molecule has 1 amide bonds. The molecule has 0 radical (unpaired) electrons. The number of ether oxygens (including phenoxy) is 1. The predicted octanol–water partition coefficient (Wildman–Crippen LogP) is 3.18. The van der Waals surface area contributed by atoms with Gasteiger partial charge in [0.05, 0.1) is 0 Å². The van der Waals surface area contributed by atoms with Crippen molar-refractivity contribution in [2.75, 3.05) is 27.2 Å². The first kappa shape index (κ1) is 25.2. The lowest BCUT2D eigenvalue weighted by atomic mass is 10.0. The highest BCUT2D eigenvalue weighted by molar-refractivity contribution is 5.85. The van der Waals surface area contributed by atoms with Crippen molar-refractivity contribution in [2.24, 2.45) is 5.73 Å². The molecular formula is C20H29Cl2N3O2. The minimum absolute atomic E-state index is 0. The van der Waals surface area contributed by atoms with Crippen molar-refractivity contribution in [2.45, 2.75) is 19.0 Å². The van der Waals surface area contributed by atoms with Crippen LogP contribution in [0.1, 0.15) is 23.6 Å². The van der Waals surface area contributed by atoms with Crippen molar-refractivity contribution in [3.63, 3.8) is 0 Å². The minimum atomic E-state index is -0.290. The van der Waals surface area contributed by atoms with Crippen LogP contribution in [0.4, 0.5) is 0 Å². The zero-order valence-corrected chi connectivity index (χ0v) is 17.4. The Labute approximate surface area is 174 Å². The Morgan fingerprint density at radius 3 is 2.48 bits per heavy atom. The Morgan fingerprint density at radius 1 is 1.11 bits per heavy atom. The van der Waals surface area contributed by atoms with Crippen molar-refractivity contribution in [1.82, 2.24) is 10.2 Å². The van der Waals surface area contributed by atoms with Crippen LogP contribution in [0.15, 0.2) is 54.6 Å². The number of hydrogen-bond acceptors (Lipinski definition) is 4. The van der Waals surface area contributed by atoms with Crippen LogP contribution in [0.2, 0.25) is 0 Å². The normalized spacial score (nSPS) is 11.1. The Hall–Kier alpha value is -1.79. The largest absolute Gasteiger partial charge is 0.492 e. The van der Waals surface area contributed by atoms with Crippen molar-refractivity contribution >= 4 is 30.7 Å². The fraction of sp³-hybridized carbons (Fsp3) is 0.350. The number of likely N-dealkylation sites (N-methyl/N-ethyl adjacent to an activating group) is 1. The summed E-state index contributed by atoms with van der Waals surface area (Å²) in [4.78, 5) is 14.2. The molecule has 0 fully saturated rings. The van der Waals surface area contributed by atoms with Gasteiger partial charge in [0, 0.05) is 25.6 Å². The van der Waals surface area contributed by atoms with Gasteiger partial charge in [0.15, 0.2) is 0 Å². The smallest absolute Gasteiger partial charge is 0.222 e.